The van der Waals surface area contributed by atoms with Crippen LogP contribution >= 0.6 is 0 Å². The first-order valence-corrected chi connectivity index (χ1v) is 9.51. The number of rotatable bonds is 6. The van der Waals surface area contributed by atoms with Gasteiger partial charge in [0, 0.05) is 24.4 Å². The van der Waals surface area contributed by atoms with Crippen molar-refractivity contribution in [2.45, 2.75) is 26.4 Å². The summed E-state index contributed by atoms with van der Waals surface area (Å²) in [5.41, 5.74) is 3.21. The van der Waals surface area contributed by atoms with E-state index in [1.54, 1.807) is 18.7 Å². The molecule has 4 rings (SSSR count). The summed E-state index contributed by atoms with van der Waals surface area (Å²) < 4.78 is 18.7. The van der Waals surface area contributed by atoms with E-state index in [4.69, 9.17) is 19.2 Å². The minimum absolute atomic E-state index is 0.0582. The number of ether oxygens (including phenoxy) is 3. The van der Waals surface area contributed by atoms with E-state index in [-0.39, 0.29) is 17.9 Å². The minimum Gasteiger partial charge on any atom is -0.493 e. The molecule has 0 spiro atoms. The van der Waals surface area contributed by atoms with Crippen molar-refractivity contribution in [3.8, 4) is 28.6 Å². The smallest absolute Gasteiger partial charge is 0.240 e. The van der Waals surface area contributed by atoms with E-state index in [2.05, 4.69) is 10.4 Å². The van der Waals surface area contributed by atoms with E-state index in [0.717, 1.165) is 16.8 Å². The number of benzene rings is 1. The minimum atomic E-state index is -0.166. The molecule has 3 aromatic rings. The van der Waals surface area contributed by atoms with Gasteiger partial charge in [0.05, 0.1) is 31.8 Å². The summed E-state index contributed by atoms with van der Waals surface area (Å²) in [5.74, 6) is 1.93. The SMILES string of the molecule is COc1ccc(-c2cn3nc(C)cc3c(OC(C)[C@H]3CNC(=O)C3)n2)cc1OC. The number of aromatic nitrogens is 3. The molecular weight excluding hydrogens is 372 g/mol. The Bertz CT molecular complexity index is 1060. The molecule has 0 radical (unpaired) electrons. The van der Waals surface area contributed by atoms with E-state index in [0.29, 0.717) is 36.0 Å². The average Bonchev–Trinajstić information content (AvgIpc) is 3.32. The van der Waals surface area contributed by atoms with Gasteiger partial charge < -0.3 is 19.5 Å². The Labute approximate surface area is 168 Å². The molecule has 1 aliphatic rings. The van der Waals surface area contributed by atoms with Crippen LogP contribution in [0.5, 0.6) is 17.4 Å². The van der Waals surface area contributed by atoms with Crippen LogP contribution in [0, 0.1) is 12.8 Å². The lowest BCUT2D eigenvalue weighted by Gasteiger charge is -2.20. The largest absolute Gasteiger partial charge is 0.493 e. The molecule has 3 heterocycles. The van der Waals surface area contributed by atoms with Gasteiger partial charge in [-0.1, -0.05) is 0 Å². The Kier molecular flexibility index (Phi) is 5.00. The molecule has 1 unspecified atom stereocenters. The van der Waals surface area contributed by atoms with Gasteiger partial charge in [0.1, 0.15) is 11.6 Å². The van der Waals surface area contributed by atoms with Crippen molar-refractivity contribution in [3.05, 3.63) is 36.2 Å². The summed E-state index contributed by atoms with van der Waals surface area (Å²) in [5, 5.41) is 7.38. The third-order valence-electron chi connectivity index (χ3n) is 5.19. The maximum Gasteiger partial charge on any atom is 0.240 e. The zero-order valence-electron chi connectivity index (χ0n) is 16.9. The molecule has 8 heteroatoms. The fraction of sp³-hybridized carbons (Fsp3) is 0.381. The van der Waals surface area contributed by atoms with Crippen molar-refractivity contribution in [3.63, 3.8) is 0 Å². The predicted octanol–water partition coefficient (Wildman–Crippen LogP) is 2.63. The number of nitrogens with zero attached hydrogens (tertiary/aromatic N) is 3. The van der Waals surface area contributed by atoms with Gasteiger partial charge in [0.15, 0.2) is 11.5 Å². The van der Waals surface area contributed by atoms with Gasteiger partial charge in [-0.3, -0.25) is 4.79 Å². The number of carbonyl (C=O) groups is 1. The standard InChI is InChI=1S/C21H24N4O4/c1-12-7-17-21(29-13(2)15-9-20(26)22-10-15)23-16(11-25(17)24-12)14-5-6-18(27-3)19(8-14)28-4/h5-8,11,13,15H,9-10H2,1-4H3,(H,22,26)/t13?,15-/m1/s1. The molecule has 29 heavy (non-hydrogen) atoms. The quantitative estimate of drug-likeness (QED) is 0.689. The van der Waals surface area contributed by atoms with Gasteiger partial charge in [-0.2, -0.15) is 5.10 Å². The first-order valence-electron chi connectivity index (χ1n) is 9.51. The van der Waals surface area contributed by atoms with Crippen molar-refractivity contribution >= 4 is 11.4 Å². The van der Waals surface area contributed by atoms with E-state index >= 15 is 0 Å². The fourth-order valence-corrected chi connectivity index (χ4v) is 3.54. The molecule has 1 aromatic carbocycles. The first kappa shape index (κ1) is 19.0. The number of amides is 1. The van der Waals surface area contributed by atoms with Crippen molar-refractivity contribution in [1.82, 2.24) is 19.9 Å². The van der Waals surface area contributed by atoms with Gasteiger partial charge in [0.25, 0.3) is 0 Å². The number of hydrogen-bond donors (Lipinski definition) is 1. The summed E-state index contributed by atoms with van der Waals surface area (Å²) in [6, 6.07) is 7.56. The lowest BCUT2D eigenvalue weighted by Crippen LogP contribution is -2.26. The van der Waals surface area contributed by atoms with E-state index in [9.17, 15) is 4.79 Å². The fourth-order valence-electron chi connectivity index (χ4n) is 3.54. The average molecular weight is 396 g/mol. The van der Waals surface area contributed by atoms with Crippen LogP contribution in [0.2, 0.25) is 0 Å². The van der Waals surface area contributed by atoms with Crippen LogP contribution in [0.1, 0.15) is 19.0 Å². The normalized spacial score (nSPS) is 17.2. The van der Waals surface area contributed by atoms with Gasteiger partial charge in [-0.05, 0) is 38.1 Å². The highest BCUT2D eigenvalue weighted by Gasteiger charge is 2.29. The summed E-state index contributed by atoms with van der Waals surface area (Å²) in [7, 11) is 3.20. The highest BCUT2D eigenvalue weighted by molar-refractivity contribution is 5.78. The Morgan fingerprint density at radius 3 is 2.69 bits per heavy atom. The highest BCUT2D eigenvalue weighted by atomic mass is 16.5. The van der Waals surface area contributed by atoms with E-state index in [1.807, 2.05) is 44.3 Å². The van der Waals surface area contributed by atoms with Crippen LogP contribution in [-0.2, 0) is 4.79 Å². The van der Waals surface area contributed by atoms with Crippen LogP contribution in [-0.4, -0.2) is 47.4 Å². The summed E-state index contributed by atoms with van der Waals surface area (Å²) in [4.78, 5) is 16.3. The topological polar surface area (TPSA) is 87.0 Å². The monoisotopic (exact) mass is 396 g/mol. The number of fused-ring (bicyclic) bond motifs is 1. The summed E-state index contributed by atoms with van der Waals surface area (Å²) >= 11 is 0. The molecule has 2 aromatic heterocycles. The molecule has 152 valence electrons. The number of carbonyl (C=O) groups excluding carboxylic acids is 1. The number of methoxy groups -OCH3 is 2. The van der Waals surface area contributed by atoms with Crippen LogP contribution in [0.25, 0.3) is 16.8 Å². The zero-order chi connectivity index (χ0) is 20.5. The van der Waals surface area contributed by atoms with Gasteiger partial charge >= 0.3 is 0 Å². The lowest BCUT2D eigenvalue weighted by atomic mass is 10.0. The molecule has 1 N–H and O–H groups in total. The predicted molar refractivity (Wildman–Crippen MR) is 107 cm³/mol. The van der Waals surface area contributed by atoms with E-state index in [1.165, 1.54) is 0 Å². The molecule has 1 aliphatic heterocycles. The lowest BCUT2D eigenvalue weighted by molar-refractivity contribution is -0.119. The third kappa shape index (κ3) is 3.70. The zero-order valence-corrected chi connectivity index (χ0v) is 16.9. The number of nitrogens with one attached hydrogen (secondary N) is 1. The molecule has 1 amide bonds. The molecule has 1 fully saturated rings. The van der Waals surface area contributed by atoms with Crippen molar-refractivity contribution in [1.29, 1.82) is 0 Å². The first-order chi connectivity index (χ1) is 14.0. The van der Waals surface area contributed by atoms with Crippen molar-refractivity contribution in [2.24, 2.45) is 5.92 Å². The molecule has 8 nitrogen and oxygen atoms in total. The molecule has 0 aliphatic carbocycles. The number of hydrogen-bond acceptors (Lipinski definition) is 6. The molecule has 1 saturated heterocycles. The number of aryl methyl sites for hydroxylation is 1. The Balaban J connectivity index is 1.73. The maximum atomic E-state index is 11.6. The summed E-state index contributed by atoms with van der Waals surface area (Å²) in [6.45, 7) is 4.51. The van der Waals surface area contributed by atoms with Crippen molar-refractivity contribution < 1.29 is 19.0 Å². The van der Waals surface area contributed by atoms with Crippen LogP contribution in [0.4, 0.5) is 0 Å². The molecule has 0 saturated carbocycles. The maximum absolute atomic E-state index is 11.6. The third-order valence-corrected chi connectivity index (χ3v) is 5.19. The molecule has 2 atom stereocenters. The Morgan fingerprint density at radius 1 is 1.21 bits per heavy atom. The van der Waals surface area contributed by atoms with Gasteiger partial charge in [-0.25, -0.2) is 9.50 Å². The summed E-state index contributed by atoms with van der Waals surface area (Å²) in [6.07, 6.45) is 2.16. The molecular formula is C21H24N4O4. The highest BCUT2D eigenvalue weighted by Crippen LogP contribution is 2.33. The second-order valence-electron chi connectivity index (χ2n) is 7.21. The Hall–Kier alpha value is -3.29. The van der Waals surface area contributed by atoms with Crippen LogP contribution in [0.3, 0.4) is 0 Å². The van der Waals surface area contributed by atoms with E-state index < -0.39 is 0 Å². The van der Waals surface area contributed by atoms with Gasteiger partial charge in [0.2, 0.25) is 11.8 Å². The molecule has 0 bridgehead atoms. The second-order valence-corrected chi connectivity index (χ2v) is 7.21. The van der Waals surface area contributed by atoms with Crippen LogP contribution in [0.15, 0.2) is 30.5 Å². The second kappa shape index (κ2) is 7.62. The van der Waals surface area contributed by atoms with Crippen molar-refractivity contribution in [2.75, 3.05) is 20.8 Å². The Morgan fingerprint density at radius 2 is 2.00 bits per heavy atom. The van der Waals surface area contributed by atoms with Crippen LogP contribution < -0.4 is 19.5 Å². The van der Waals surface area contributed by atoms with Gasteiger partial charge in [-0.15, -0.1) is 0 Å².